The highest BCUT2D eigenvalue weighted by Gasteiger charge is 2.64. The quantitative estimate of drug-likeness (QED) is 0.859. The van der Waals surface area contributed by atoms with E-state index in [1.165, 1.54) is 0 Å². The second-order valence-corrected chi connectivity index (χ2v) is 4.76. The Bertz CT molecular complexity index is 466. The molecule has 4 nitrogen and oxygen atoms in total. The van der Waals surface area contributed by atoms with E-state index in [4.69, 9.17) is 9.47 Å². The lowest BCUT2D eigenvalue weighted by Gasteiger charge is -2.42. The van der Waals surface area contributed by atoms with Crippen LogP contribution in [0.3, 0.4) is 0 Å². The Labute approximate surface area is 99.2 Å². The molecule has 4 rings (SSSR count). The van der Waals surface area contributed by atoms with Crippen molar-refractivity contribution in [2.24, 2.45) is 5.92 Å². The molecule has 0 amide bonds. The van der Waals surface area contributed by atoms with Gasteiger partial charge < -0.3 is 14.6 Å². The van der Waals surface area contributed by atoms with Crippen molar-refractivity contribution in [1.82, 2.24) is 0 Å². The molecule has 4 heteroatoms. The fourth-order valence-electron chi connectivity index (χ4n) is 3.07. The van der Waals surface area contributed by atoms with Gasteiger partial charge in [-0.05, 0) is 24.1 Å². The number of carboxylic acids is 1. The first-order valence-corrected chi connectivity index (χ1v) is 5.66. The summed E-state index contributed by atoms with van der Waals surface area (Å²) in [7, 11) is 1.61. The molecule has 1 N–H and O–H groups in total. The fraction of sp³-hybridized carbons (Fsp3) is 0.462. The van der Waals surface area contributed by atoms with E-state index in [0.717, 1.165) is 17.7 Å². The molecule has 1 aliphatic carbocycles. The van der Waals surface area contributed by atoms with Gasteiger partial charge in [0.2, 0.25) is 0 Å². The number of methoxy groups -OCH3 is 1. The minimum atomic E-state index is -0.762. The molecule has 1 aromatic rings. The van der Waals surface area contributed by atoms with Gasteiger partial charge in [0.05, 0.1) is 25.7 Å². The van der Waals surface area contributed by atoms with Crippen LogP contribution in [0.1, 0.15) is 12.0 Å². The second-order valence-electron chi connectivity index (χ2n) is 4.76. The van der Waals surface area contributed by atoms with Gasteiger partial charge in [-0.25, -0.2) is 0 Å². The first-order chi connectivity index (χ1) is 8.17. The molecule has 2 saturated heterocycles. The van der Waals surface area contributed by atoms with Crippen molar-refractivity contribution in [3.8, 4) is 5.75 Å². The molecule has 0 unspecified atom stereocenters. The lowest BCUT2D eigenvalue weighted by atomic mass is 9.57. The Balaban J connectivity index is 2.00. The maximum absolute atomic E-state index is 11.3. The number of fused-ring (bicyclic) bond motifs is 1. The minimum Gasteiger partial charge on any atom is -0.497 e. The van der Waals surface area contributed by atoms with Crippen molar-refractivity contribution in [2.75, 3.05) is 13.7 Å². The average Bonchev–Trinajstić information content (AvgIpc) is 2.87. The average molecular weight is 234 g/mol. The zero-order valence-electron chi connectivity index (χ0n) is 9.55. The summed E-state index contributed by atoms with van der Waals surface area (Å²) in [6.07, 6.45) is 0.690. The summed E-state index contributed by atoms with van der Waals surface area (Å²) in [6.45, 7) is 0.502. The van der Waals surface area contributed by atoms with Gasteiger partial charge in [-0.15, -0.1) is 0 Å². The summed E-state index contributed by atoms with van der Waals surface area (Å²) >= 11 is 0. The van der Waals surface area contributed by atoms with E-state index in [-0.39, 0.29) is 11.5 Å². The highest BCUT2D eigenvalue weighted by atomic mass is 16.5. The van der Waals surface area contributed by atoms with Crippen LogP contribution in [0.2, 0.25) is 0 Å². The lowest BCUT2D eigenvalue weighted by molar-refractivity contribution is -0.150. The molecule has 3 fully saturated rings. The number of hydrogen-bond donors (Lipinski definition) is 1. The Morgan fingerprint density at radius 2 is 2.41 bits per heavy atom. The molecule has 2 bridgehead atoms. The predicted molar refractivity (Wildman–Crippen MR) is 60.2 cm³/mol. The van der Waals surface area contributed by atoms with E-state index in [0.29, 0.717) is 6.61 Å². The molecular weight excluding hydrogens is 220 g/mol. The van der Waals surface area contributed by atoms with Crippen LogP contribution in [-0.4, -0.2) is 30.9 Å². The third-order valence-electron chi connectivity index (χ3n) is 4.00. The summed E-state index contributed by atoms with van der Waals surface area (Å²) < 4.78 is 10.7. The number of carboxylic acid groups (broad SMARTS) is 1. The number of hydrogen-bond acceptors (Lipinski definition) is 3. The van der Waals surface area contributed by atoms with Crippen LogP contribution in [0.4, 0.5) is 0 Å². The molecule has 0 aromatic heterocycles. The van der Waals surface area contributed by atoms with Crippen LogP contribution in [-0.2, 0) is 14.9 Å². The summed E-state index contributed by atoms with van der Waals surface area (Å²) in [6, 6.07) is 7.64. The van der Waals surface area contributed by atoms with E-state index in [1.807, 2.05) is 24.3 Å². The standard InChI is InChI=1S/C13H14O4/c1-16-9-4-2-3-8(5-9)13-6-10(17-7-13)11(13)12(14)15/h2-5,10-11H,6-7H2,1H3,(H,14,15)/t10-,11+,13-/m0/s1. The Morgan fingerprint density at radius 3 is 3.06 bits per heavy atom. The van der Waals surface area contributed by atoms with Crippen molar-refractivity contribution >= 4 is 5.97 Å². The molecule has 0 spiro atoms. The smallest absolute Gasteiger partial charge is 0.310 e. The molecule has 2 aliphatic heterocycles. The van der Waals surface area contributed by atoms with Crippen molar-refractivity contribution in [3.63, 3.8) is 0 Å². The van der Waals surface area contributed by atoms with Crippen LogP contribution in [0, 0.1) is 5.92 Å². The fourth-order valence-corrected chi connectivity index (χ4v) is 3.07. The molecule has 0 radical (unpaired) electrons. The van der Waals surface area contributed by atoms with Gasteiger partial charge in [0.25, 0.3) is 0 Å². The van der Waals surface area contributed by atoms with Crippen LogP contribution >= 0.6 is 0 Å². The largest absolute Gasteiger partial charge is 0.497 e. The molecule has 90 valence electrons. The van der Waals surface area contributed by atoms with Crippen LogP contribution < -0.4 is 4.74 Å². The Kier molecular flexibility index (Phi) is 2.16. The molecule has 3 aliphatic rings. The van der Waals surface area contributed by atoms with E-state index in [9.17, 15) is 9.90 Å². The number of benzene rings is 1. The Morgan fingerprint density at radius 1 is 1.59 bits per heavy atom. The van der Waals surface area contributed by atoms with Crippen LogP contribution in [0.5, 0.6) is 5.75 Å². The molecule has 17 heavy (non-hydrogen) atoms. The number of rotatable bonds is 3. The third-order valence-corrected chi connectivity index (χ3v) is 4.00. The van der Waals surface area contributed by atoms with Gasteiger partial charge in [0.1, 0.15) is 5.75 Å². The first-order valence-electron chi connectivity index (χ1n) is 5.66. The highest BCUT2D eigenvalue weighted by molar-refractivity contribution is 5.76. The van der Waals surface area contributed by atoms with Gasteiger partial charge in [0.15, 0.2) is 0 Å². The molecule has 1 saturated carbocycles. The maximum atomic E-state index is 11.3. The monoisotopic (exact) mass is 234 g/mol. The van der Waals surface area contributed by atoms with Gasteiger partial charge >= 0.3 is 5.97 Å². The van der Waals surface area contributed by atoms with Crippen LogP contribution in [0.15, 0.2) is 24.3 Å². The molecule has 2 heterocycles. The van der Waals surface area contributed by atoms with E-state index in [1.54, 1.807) is 7.11 Å². The highest BCUT2D eigenvalue weighted by Crippen LogP contribution is 2.56. The minimum absolute atomic E-state index is 0.112. The zero-order chi connectivity index (χ0) is 12.0. The normalized spacial score (nSPS) is 34.2. The Hall–Kier alpha value is -1.55. The summed E-state index contributed by atoms with van der Waals surface area (Å²) in [5.74, 6) is -0.410. The van der Waals surface area contributed by atoms with Crippen molar-refractivity contribution in [1.29, 1.82) is 0 Å². The molecule has 3 atom stereocenters. The predicted octanol–water partition coefficient (Wildman–Crippen LogP) is 1.44. The van der Waals surface area contributed by atoms with Crippen molar-refractivity contribution in [2.45, 2.75) is 17.9 Å². The number of aliphatic carboxylic acids is 1. The summed E-state index contributed by atoms with van der Waals surface area (Å²) in [4.78, 5) is 11.3. The van der Waals surface area contributed by atoms with Crippen molar-refractivity contribution in [3.05, 3.63) is 29.8 Å². The topological polar surface area (TPSA) is 55.8 Å². The number of ether oxygens (including phenoxy) is 2. The van der Waals surface area contributed by atoms with E-state index < -0.39 is 11.9 Å². The SMILES string of the molecule is COc1cccc([C@@]23CO[C@@H](C2)[C@@H]3C(=O)O)c1. The molecular formula is C13H14O4. The zero-order valence-corrected chi connectivity index (χ0v) is 9.55. The van der Waals surface area contributed by atoms with Crippen molar-refractivity contribution < 1.29 is 19.4 Å². The second kappa shape index (κ2) is 3.47. The van der Waals surface area contributed by atoms with Gasteiger partial charge in [-0.3, -0.25) is 4.79 Å². The maximum Gasteiger partial charge on any atom is 0.310 e. The molecule has 1 aromatic carbocycles. The summed E-state index contributed by atoms with van der Waals surface area (Å²) in [5.41, 5.74) is 0.670. The van der Waals surface area contributed by atoms with Gasteiger partial charge in [-0.1, -0.05) is 12.1 Å². The summed E-state index contributed by atoms with van der Waals surface area (Å²) in [5, 5.41) is 9.26. The third kappa shape index (κ3) is 1.30. The van der Waals surface area contributed by atoms with Gasteiger partial charge in [0, 0.05) is 5.41 Å². The van der Waals surface area contributed by atoms with E-state index >= 15 is 0 Å². The van der Waals surface area contributed by atoms with Gasteiger partial charge in [-0.2, -0.15) is 0 Å². The lowest BCUT2D eigenvalue weighted by Crippen LogP contribution is -2.52. The van der Waals surface area contributed by atoms with E-state index in [2.05, 4.69) is 0 Å². The first kappa shape index (κ1) is 10.6. The van der Waals surface area contributed by atoms with Crippen LogP contribution in [0.25, 0.3) is 0 Å². The number of carbonyl (C=O) groups is 1.